The maximum atomic E-state index is 12.6. The number of carbonyl (C=O) groups is 2. The second-order valence-corrected chi connectivity index (χ2v) is 5.69. The molecule has 0 unspecified atom stereocenters. The summed E-state index contributed by atoms with van der Waals surface area (Å²) >= 11 is 0. The SMILES string of the molecule is COc1ccc(-n2c(C)cc(C(=O)N(C)CCC(=O)O)c2C)cc1. The van der Waals surface area contributed by atoms with Crippen LogP contribution in [0, 0.1) is 13.8 Å². The molecule has 0 fully saturated rings. The van der Waals surface area contributed by atoms with Gasteiger partial charge in [0.05, 0.1) is 19.1 Å². The van der Waals surface area contributed by atoms with Crippen molar-refractivity contribution >= 4 is 11.9 Å². The number of hydrogen-bond donors (Lipinski definition) is 1. The summed E-state index contributed by atoms with van der Waals surface area (Å²) in [4.78, 5) is 24.7. The molecule has 0 saturated carbocycles. The van der Waals surface area contributed by atoms with Crippen molar-refractivity contribution in [3.05, 3.63) is 47.3 Å². The number of ether oxygens (including phenoxy) is 1. The number of aliphatic carboxylic acids is 1. The quantitative estimate of drug-likeness (QED) is 0.884. The molecule has 1 aromatic heterocycles. The van der Waals surface area contributed by atoms with Crippen molar-refractivity contribution in [2.75, 3.05) is 20.7 Å². The third-order valence-corrected chi connectivity index (χ3v) is 4.00. The fourth-order valence-corrected chi connectivity index (χ4v) is 2.68. The average Bonchev–Trinajstić information content (AvgIpc) is 2.86. The summed E-state index contributed by atoms with van der Waals surface area (Å²) in [6.07, 6.45) is -0.0700. The number of aromatic nitrogens is 1. The highest BCUT2D eigenvalue weighted by Crippen LogP contribution is 2.23. The molecule has 0 aliphatic rings. The van der Waals surface area contributed by atoms with E-state index in [9.17, 15) is 9.59 Å². The molecule has 2 rings (SSSR count). The Balaban J connectivity index is 2.30. The van der Waals surface area contributed by atoms with Crippen LogP contribution in [0.1, 0.15) is 28.2 Å². The van der Waals surface area contributed by atoms with Gasteiger partial charge in [-0.2, -0.15) is 0 Å². The zero-order chi connectivity index (χ0) is 17.9. The molecule has 1 heterocycles. The van der Waals surface area contributed by atoms with Crippen molar-refractivity contribution in [1.82, 2.24) is 9.47 Å². The average molecular weight is 330 g/mol. The number of carboxylic acid groups (broad SMARTS) is 1. The highest BCUT2D eigenvalue weighted by molar-refractivity contribution is 5.96. The zero-order valence-corrected chi connectivity index (χ0v) is 14.4. The Morgan fingerprint density at radius 3 is 2.38 bits per heavy atom. The first-order valence-corrected chi connectivity index (χ1v) is 7.65. The van der Waals surface area contributed by atoms with Crippen LogP contribution in [0.3, 0.4) is 0 Å². The first-order valence-electron chi connectivity index (χ1n) is 7.65. The summed E-state index contributed by atoms with van der Waals surface area (Å²) in [6, 6.07) is 9.44. The molecule has 0 bridgehead atoms. The zero-order valence-electron chi connectivity index (χ0n) is 14.4. The molecule has 0 atom stereocenters. The van der Waals surface area contributed by atoms with Crippen molar-refractivity contribution in [1.29, 1.82) is 0 Å². The molecule has 1 amide bonds. The van der Waals surface area contributed by atoms with Gasteiger partial charge in [0.15, 0.2) is 0 Å². The number of methoxy groups -OCH3 is 1. The van der Waals surface area contributed by atoms with Gasteiger partial charge in [-0.15, -0.1) is 0 Å². The number of amides is 1. The predicted molar refractivity (Wildman–Crippen MR) is 91.0 cm³/mol. The summed E-state index contributed by atoms with van der Waals surface area (Å²) in [7, 11) is 3.23. The van der Waals surface area contributed by atoms with E-state index in [1.54, 1.807) is 14.2 Å². The molecule has 0 aliphatic carbocycles. The van der Waals surface area contributed by atoms with Crippen LogP contribution < -0.4 is 4.74 Å². The second kappa shape index (κ2) is 7.21. The third kappa shape index (κ3) is 3.59. The molecule has 1 N–H and O–H groups in total. The summed E-state index contributed by atoms with van der Waals surface area (Å²) in [5.41, 5.74) is 3.28. The Bertz CT molecular complexity index is 747. The summed E-state index contributed by atoms with van der Waals surface area (Å²) in [5.74, 6) is -0.326. The van der Waals surface area contributed by atoms with Gasteiger partial charge in [0.25, 0.3) is 5.91 Å². The molecule has 0 radical (unpaired) electrons. The Hall–Kier alpha value is -2.76. The highest BCUT2D eigenvalue weighted by atomic mass is 16.5. The molecule has 0 saturated heterocycles. The van der Waals surface area contributed by atoms with Crippen molar-refractivity contribution in [3.8, 4) is 11.4 Å². The van der Waals surface area contributed by atoms with Crippen LogP contribution in [0.4, 0.5) is 0 Å². The standard InChI is InChI=1S/C18H22N2O4/c1-12-11-16(18(23)19(3)10-9-17(21)22)13(2)20(12)14-5-7-15(24-4)8-6-14/h5-8,11H,9-10H2,1-4H3,(H,21,22). The molecule has 2 aromatic rings. The lowest BCUT2D eigenvalue weighted by atomic mass is 10.2. The van der Waals surface area contributed by atoms with Crippen molar-refractivity contribution in [2.24, 2.45) is 0 Å². The fraction of sp³-hybridized carbons (Fsp3) is 0.333. The fourth-order valence-electron chi connectivity index (χ4n) is 2.68. The van der Waals surface area contributed by atoms with Gasteiger partial charge >= 0.3 is 5.97 Å². The Morgan fingerprint density at radius 2 is 1.83 bits per heavy atom. The predicted octanol–water partition coefficient (Wildman–Crippen LogP) is 2.65. The third-order valence-electron chi connectivity index (χ3n) is 4.00. The van der Waals surface area contributed by atoms with E-state index in [2.05, 4.69) is 0 Å². The van der Waals surface area contributed by atoms with Gasteiger partial charge in [0, 0.05) is 30.7 Å². The van der Waals surface area contributed by atoms with Crippen molar-refractivity contribution in [3.63, 3.8) is 0 Å². The molecule has 0 spiro atoms. The maximum Gasteiger partial charge on any atom is 0.305 e. The summed E-state index contributed by atoms with van der Waals surface area (Å²) in [5, 5.41) is 8.76. The van der Waals surface area contributed by atoms with Crippen LogP contribution in [0.5, 0.6) is 5.75 Å². The molecule has 128 valence electrons. The van der Waals surface area contributed by atoms with Crippen LogP contribution in [0.25, 0.3) is 5.69 Å². The van der Waals surface area contributed by atoms with E-state index >= 15 is 0 Å². The van der Waals surface area contributed by atoms with Gasteiger partial charge in [0.1, 0.15) is 5.75 Å². The van der Waals surface area contributed by atoms with Crippen LogP contribution >= 0.6 is 0 Å². The van der Waals surface area contributed by atoms with E-state index < -0.39 is 5.97 Å². The van der Waals surface area contributed by atoms with Crippen LogP contribution in [-0.2, 0) is 4.79 Å². The number of benzene rings is 1. The topological polar surface area (TPSA) is 71.8 Å². The number of carbonyl (C=O) groups excluding carboxylic acids is 1. The smallest absolute Gasteiger partial charge is 0.305 e. The largest absolute Gasteiger partial charge is 0.497 e. The first kappa shape index (κ1) is 17.6. The highest BCUT2D eigenvalue weighted by Gasteiger charge is 2.20. The van der Waals surface area contributed by atoms with Gasteiger partial charge < -0.3 is 19.3 Å². The lowest BCUT2D eigenvalue weighted by Crippen LogP contribution is -2.29. The van der Waals surface area contributed by atoms with Gasteiger partial charge in [0.2, 0.25) is 0 Å². The van der Waals surface area contributed by atoms with Crippen LogP contribution in [0.15, 0.2) is 30.3 Å². The first-order chi connectivity index (χ1) is 11.3. The Morgan fingerprint density at radius 1 is 1.21 bits per heavy atom. The Labute approximate surface area is 141 Å². The number of aryl methyl sites for hydroxylation is 1. The minimum absolute atomic E-state index is 0.0700. The van der Waals surface area contributed by atoms with E-state index in [1.807, 2.05) is 48.7 Å². The maximum absolute atomic E-state index is 12.6. The van der Waals surface area contributed by atoms with E-state index in [0.717, 1.165) is 22.8 Å². The van der Waals surface area contributed by atoms with Crippen molar-refractivity contribution < 1.29 is 19.4 Å². The minimum atomic E-state index is -0.918. The molecule has 24 heavy (non-hydrogen) atoms. The minimum Gasteiger partial charge on any atom is -0.497 e. The van der Waals surface area contributed by atoms with Gasteiger partial charge in [-0.25, -0.2) is 0 Å². The molecular formula is C18H22N2O4. The number of hydrogen-bond acceptors (Lipinski definition) is 3. The number of carboxylic acids is 1. The molecule has 1 aromatic carbocycles. The number of nitrogens with zero attached hydrogens (tertiary/aromatic N) is 2. The van der Waals surface area contributed by atoms with Crippen LogP contribution in [-0.4, -0.2) is 47.2 Å². The van der Waals surface area contributed by atoms with Crippen LogP contribution in [0.2, 0.25) is 0 Å². The van der Waals surface area contributed by atoms with Gasteiger partial charge in [-0.1, -0.05) is 0 Å². The molecule has 0 aliphatic heterocycles. The Kier molecular flexibility index (Phi) is 5.28. The van der Waals surface area contributed by atoms with Gasteiger partial charge in [-0.3, -0.25) is 9.59 Å². The van der Waals surface area contributed by atoms with Gasteiger partial charge in [-0.05, 0) is 44.2 Å². The lowest BCUT2D eigenvalue weighted by molar-refractivity contribution is -0.137. The van der Waals surface area contributed by atoms with Crippen molar-refractivity contribution in [2.45, 2.75) is 20.3 Å². The van der Waals surface area contributed by atoms with E-state index in [0.29, 0.717) is 5.56 Å². The molecular weight excluding hydrogens is 308 g/mol. The second-order valence-electron chi connectivity index (χ2n) is 5.69. The summed E-state index contributed by atoms with van der Waals surface area (Å²) in [6.45, 7) is 4.00. The molecule has 6 heteroatoms. The molecule has 6 nitrogen and oxygen atoms in total. The monoisotopic (exact) mass is 330 g/mol. The van der Waals surface area contributed by atoms with E-state index in [4.69, 9.17) is 9.84 Å². The van der Waals surface area contributed by atoms with E-state index in [-0.39, 0.29) is 18.9 Å². The van der Waals surface area contributed by atoms with E-state index in [1.165, 1.54) is 4.90 Å². The normalized spacial score (nSPS) is 10.5. The number of rotatable bonds is 6. The lowest BCUT2D eigenvalue weighted by Gasteiger charge is -2.16. The summed E-state index contributed by atoms with van der Waals surface area (Å²) < 4.78 is 7.17.